The Morgan fingerprint density at radius 2 is 2.03 bits per heavy atom. The Balaban J connectivity index is 1.72. The monoisotopic (exact) mass is 451 g/mol. The first kappa shape index (κ1) is 26.1. The average molecular weight is 451 g/mol. The molecule has 0 aromatic heterocycles. The summed E-state index contributed by atoms with van der Waals surface area (Å²) in [7, 11) is 14.4. The van der Waals surface area contributed by atoms with E-state index in [2.05, 4.69) is 32.7 Å². The summed E-state index contributed by atoms with van der Waals surface area (Å²) in [6.45, 7) is 1.84. The molecule has 4 radical (unpaired) electrons. The smallest absolute Gasteiger partial charge is 0.178 e. The van der Waals surface area contributed by atoms with Crippen LogP contribution in [0.4, 0.5) is 4.39 Å². The van der Waals surface area contributed by atoms with Gasteiger partial charge in [-0.2, -0.15) is 0 Å². The summed E-state index contributed by atoms with van der Waals surface area (Å²) in [6, 6.07) is -0.659. The van der Waals surface area contributed by atoms with Crippen LogP contribution in [-0.2, 0) is 9.47 Å². The third-order valence-electron chi connectivity index (χ3n) is 6.65. The van der Waals surface area contributed by atoms with E-state index in [4.69, 9.17) is 25.2 Å². The zero-order valence-corrected chi connectivity index (χ0v) is 18.9. The first-order valence-corrected chi connectivity index (χ1v) is 11.3. The van der Waals surface area contributed by atoms with E-state index in [1.807, 2.05) is 0 Å². The molecule has 0 bridgehead atoms. The topological polar surface area (TPSA) is 119 Å². The molecule has 1 saturated carbocycles. The largest absolute Gasteiger partial charge is 0.379 e. The second kappa shape index (κ2) is 11.7. The van der Waals surface area contributed by atoms with Crippen LogP contribution in [0.3, 0.4) is 0 Å². The fourth-order valence-corrected chi connectivity index (χ4v) is 5.16. The molecule has 12 heteroatoms. The van der Waals surface area contributed by atoms with Crippen molar-refractivity contribution in [2.24, 2.45) is 5.92 Å². The van der Waals surface area contributed by atoms with Gasteiger partial charge in [-0.15, -0.1) is 0 Å². The summed E-state index contributed by atoms with van der Waals surface area (Å²) >= 11 is 0. The van der Waals surface area contributed by atoms with Crippen LogP contribution in [-0.4, -0.2) is 102 Å². The van der Waals surface area contributed by atoms with Crippen LogP contribution in [0.25, 0.3) is 0 Å². The summed E-state index contributed by atoms with van der Waals surface area (Å²) in [4.78, 5) is 0. The van der Waals surface area contributed by atoms with Crippen molar-refractivity contribution < 1.29 is 24.1 Å². The van der Waals surface area contributed by atoms with Crippen molar-refractivity contribution in [2.75, 3.05) is 27.3 Å². The SMILES string of the molecule is [B]CC1NC(NC2CC(OC)C(OC)C(C3=CCNCCC3)C2)NC(NC([B])(O)O)C1F. The Labute approximate surface area is 192 Å². The first-order valence-electron chi connectivity index (χ1n) is 11.3. The Morgan fingerprint density at radius 1 is 1.25 bits per heavy atom. The number of rotatable bonds is 8. The van der Waals surface area contributed by atoms with E-state index in [1.54, 1.807) is 14.2 Å². The number of nitrogens with one attached hydrogen (secondary N) is 5. The van der Waals surface area contributed by atoms with E-state index in [-0.39, 0.29) is 30.5 Å². The van der Waals surface area contributed by atoms with Gasteiger partial charge in [-0.1, -0.05) is 18.0 Å². The van der Waals surface area contributed by atoms with Gasteiger partial charge in [-0.25, -0.2) is 4.39 Å². The maximum absolute atomic E-state index is 14.7. The zero-order chi connectivity index (χ0) is 23.3. The Hall–Kier alpha value is -0.560. The minimum Gasteiger partial charge on any atom is -0.379 e. The average Bonchev–Trinajstić information content (AvgIpc) is 3.03. The van der Waals surface area contributed by atoms with Crippen LogP contribution in [0.1, 0.15) is 25.7 Å². The second-order valence-corrected chi connectivity index (χ2v) is 8.90. The van der Waals surface area contributed by atoms with Crippen molar-refractivity contribution in [1.82, 2.24) is 26.6 Å². The number of methoxy groups -OCH3 is 2. The van der Waals surface area contributed by atoms with Gasteiger partial charge < -0.3 is 25.0 Å². The highest BCUT2D eigenvalue weighted by Crippen LogP contribution is 2.36. The first-order chi connectivity index (χ1) is 15.3. The number of halogens is 1. The van der Waals surface area contributed by atoms with Gasteiger partial charge in [-0.05, 0) is 32.2 Å². The quantitative estimate of drug-likeness (QED) is 0.130. The lowest BCUT2D eigenvalue weighted by Gasteiger charge is -2.46. The summed E-state index contributed by atoms with van der Waals surface area (Å²) in [5, 5.41) is 34.2. The second-order valence-electron chi connectivity index (χ2n) is 8.90. The van der Waals surface area contributed by atoms with Gasteiger partial charge in [0.25, 0.3) is 0 Å². The van der Waals surface area contributed by atoms with Gasteiger partial charge in [0.2, 0.25) is 0 Å². The summed E-state index contributed by atoms with van der Waals surface area (Å²) in [5.41, 5.74) is 1.37. The fourth-order valence-electron chi connectivity index (χ4n) is 5.16. The number of ether oxygens (including phenoxy) is 2. The number of hydrogen-bond donors (Lipinski definition) is 7. The molecule has 3 rings (SSSR count). The maximum atomic E-state index is 14.7. The van der Waals surface area contributed by atoms with Crippen LogP contribution in [0.2, 0.25) is 6.32 Å². The standard InChI is InChI=1S/C20H36B2FN5O4/c1-31-15-9-12(8-13(17(15)32-2)11-4-3-6-24-7-5-11)25-19-26-14(10-21)16(23)18(27-19)28-20(22,29)30/h5,12-19,24-30H,3-4,6-10H2,1-2H3. The Bertz CT molecular complexity index is 629. The molecular formula is C20H36B2FN5O4. The molecule has 7 N–H and O–H groups in total. The van der Waals surface area contributed by atoms with Crippen LogP contribution in [0.5, 0.6) is 0 Å². The third-order valence-corrected chi connectivity index (χ3v) is 6.65. The van der Waals surface area contributed by atoms with Crippen molar-refractivity contribution in [3.05, 3.63) is 11.6 Å². The third kappa shape index (κ3) is 6.74. The van der Waals surface area contributed by atoms with Crippen molar-refractivity contribution >= 4 is 15.7 Å². The highest BCUT2D eigenvalue weighted by molar-refractivity contribution is 6.12. The van der Waals surface area contributed by atoms with Crippen LogP contribution in [0, 0.1) is 5.92 Å². The molecule has 0 spiro atoms. The lowest BCUT2D eigenvalue weighted by Crippen LogP contribution is -2.75. The Morgan fingerprint density at radius 3 is 2.69 bits per heavy atom. The molecule has 8 atom stereocenters. The lowest BCUT2D eigenvalue weighted by atomic mass is 9.75. The van der Waals surface area contributed by atoms with Crippen molar-refractivity contribution in [3.8, 4) is 0 Å². The van der Waals surface area contributed by atoms with Gasteiger partial charge in [0, 0.05) is 38.8 Å². The lowest BCUT2D eigenvalue weighted by molar-refractivity contribution is -0.132. The van der Waals surface area contributed by atoms with Gasteiger partial charge >= 0.3 is 0 Å². The Kier molecular flexibility index (Phi) is 9.54. The van der Waals surface area contributed by atoms with Crippen LogP contribution < -0.4 is 26.6 Å². The van der Waals surface area contributed by atoms with E-state index in [9.17, 15) is 14.6 Å². The molecule has 3 aliphatic rings. The predicted octanol–water partition coefficient (Wildman–Crippen LogP) is -1.86. The van der Waals surface area contributed by atoms with Crippen molar-refractivity contribution in [1.29, 1.82) is 0 Å². The molecule has 1 aliphatic carbocycles. The minimum atomic E-state index is -2.72. The molecule has 8 unspecified atom stereocenters. The molecule has 2 fully saturated rings. The molecule has 0 aromatic carbocycles. The number of hydrogen-bond acceptors (Lipinski definition) is 9. The fraction of sp³-hybridized carbons (Fsp3) is 0.900. The van der Waals surface area contributed by atoms with Crippen molar-refractivity contribution in [2.45, 2.75) is 80.7 Å². The van der Waals surface area contributed by atoms with Gasteiger partial charge in [0.15, 0.2) is 13.7 Å². The number of aliphatic hydroxyl groups is 2. The van der Waals surface area contributed by atoms with Gasteiger partial charge in [-0.3, -0.25) is 21.3 Å². The molecule has 2 aliphatic heterocycles. The van der Waals surface area contributed by atoms with E-state index < -0.39 is 30.5 Å². The molecule has 9 nitrogen and oxygen atoms in total. The normalized spacial score (nSPS) is 39.3. The molecule has 2 heterocycles. The molecular weight excluding hydrogens is 415 g/mol. The summed E-state index contributed by atoms with van der Waals surface area (Å²) in [6.07, 6.45) is 2.62. The van der Waals surface area contributed by atoms with Crippen molar-refractivity contribution in [3.63, 3.8) is 0 Å². The van der Waals surface area contributed by atoms with E-state index in [0.717, 1.165) is 32.4 Å². The van der Waals surface area contributed by atoms with E-state index >= 15 is 0 Å². The van der Waals surface area contributed by atoms with E-state index in [0.29, 0.717) is 6.42 Å². The highest BCUT2D eigenvalue weighted by atomic mass is 19.1. The molecule has 178 valence electrons. The van der Waals surface area contributed by atoms with Gasteiger partial charge in [0.1, 0.15) is 12.5 Å². The highest BCUT2D eigenvalue weighted by Gasteiger charge is 2.43. The zero-order valence-electron chi connectivity index (χ0n) is 18.9. The molecule has 0 aromatic rings. The van der Waals surface area contributed by atoms with Crippen LogP contribution >= 0.6 is 0 Å². The minimum absolute atomic E-state index is 0.0350. The molecule has 32 heavy (non-hydrogen) atoms. The maximum Gasteiger partial charge on any atom is 0.178 e. The number of alkyl halides is 1. The van der Waals surface area contributed by atoms with Crippen LogP contribution in [0.15, 0.2) is 11.6 Å². The van der Waals surface area contributed by atoms with E-state index in [1.165, 1.54) is 5.57 Å². The predicted molar refractivity (Wildman–Crippen MR) is 121 cm³/mol. The van der Waals surface area contributed by atoms with Gasteiger partial charge in [0.05, 0.1) is 26.2 Å². The molecule has 0 amide bonds. The summed E-state index contributed by atoms with van der Waals surface area (Å²) in [5.74, 6) is -2.52. The molecule has 1 saturated heterocycles. The summed E-state index contributed by atoms with van der Waals surface area (Å²) < 4.78 is 26.4.